The van der Waals surface area contributed by atoms with Crippen molar-refractivity contribution in [3.8, 4) is 11.5 Å². The van der Waals surface area contributed by atoms with Gasteiger partial charge in [-0.3, -0.25) is 4.79 Å². The van der Waals surface area contributed by atoms with Gasteiger partial charge in [0.05, 0.1) is 0 Å². The van der Waals surface area contributed by atoms with E-state index in [0.29, 0.717) is 34.0 Å². The van der Waals surface area contributed by atoms with Crippen LogP contribution in [0.5, 0.6) is 11.5 Å². The zero-order valence-electron chi connectivity index (χ0n) is 14.1. The molecule has 0 saturated heterocycles. The van der Waals surface area contributed by atoms with Crippen LogP contribution in [0.2, 0.25) is 0 Å². The summed E-state index contributed by atoms with van der Waals surface area (Å²) in [6, 6.07) is 21.9. The van der Waals surface area contributed by atoms with Crippen LogP contribution in [0.4, 0.5) is 5.69 Å². The number of carbonyl (C=O) groups excluding carboxylic acids is 1. The van der Waals surface area contributed by atoms with Crippen molar-refractivity contribution in [2.24, 2.45) is 0 Å². The number of para-hydroxylation sites is 1. The third-order valence-corrected chi connectivity index (χ3v) is 3.85. The number of rotatable bonds is 4. The predicted molar refractivity (Wildman–Crippen MR) is 99.7 cm³/mol. The molecule has 0 aliphatic carbocycles. The molecule has 0 unspecified atom stereocenters. The summed E-state index contributed by atoms with van der Waals surface area (Å²) < 4.78 is 11.2. The molecule has 26 heavy (non-hydrogen) atoms. The molecule has 1 N–H and O–H groups in total. The topological polar surface area (TPSA) is 64.4 Å². The quantitative estimate of drug-likeness (QED) is 0.554. The number of carbonyl (C=O) groups is 1. The summed E-state index contributed by atoms with van der Waals surface area (Å²) in [5.74, 6) is 1.84. The molecule has 4 rings (SSSR count). The van der Waals surface area contributed by atoms with Gasteiger partial charge in [0.15, 0.2) is 11.5 Å². The van der Waals surface area contributed by atoms with Crippen LogP contribution in [0.25, 0.3) is 11.1 Å². The molecule has 0 radical (unpaired) electrons. The van der Waals surface area contributed by atoms with E-state index in [2.05, 4.69) is 10.3 Å². The smallest absolute Gasteiger partial charge is 0.255 e. The highest BCUT2D eigenvalue weighted by Crippen LogP contribution is 2.23. The molecule has 0 bridgehead atoms. The van der Waals surface area contributed by atoms with E-state index in [-0.39, 0.29) is 5.91 Å². The summed E-state index contributed by atoms with van der Waals surface area (Å²) in [6.45, 7) is 1.78. The number of fused-ring (bicyclic) bond motifs is 1. The lowest BCUT2D eigenvalue weighted by atomic mass is 10.2. The van der Waals surface area contributed by atoms with E-state index >= 15 is 0 Å². The Morgan fingerprint density at radius 3 is 2.46 bits per heavy atom. The number of hydrogen-bond donors (Lipinski definition) is 1. The zero-order valence-corrected chi connectivity index (χ0v) is 14.1. The van der Waals surface area contributed by atoms with Crippen LogP contribution >= 0.6 is 0 Å². The minimum atomic E-state index is -0.204. The Balaban J connectivity index is 1.46. The number of hydrogen-bond acceptors (Lipinski definition) is 4. The lowest BCUT2D eigenvalue weighted by Crippen LogP contribution is -2.11. The van der Waals surface area contributed by atoms with Crippen LogP contribution in [0.3, 0.4) is 0 Å². The van der Waals surface area contributed by atoms with Gasteiger partial charge in [0.2, 0.25) is 0 Å². The van der Waals surface area contributed by atoms with E-state index < -0.39 is 0 Å². The van der Waals surface area contributed by atoms with E-state index in [4.69, 9.17) is 9.15 Å². The SMILES string of the molecule is Cc1nc2cc(C(=O)Nc3ccc(Oc4ccccc4)cc3)ccc2o1. The van der Waals surface area contributed by atoms with E-state index in [0.717, 1.165) is 5.75 Å². The van der Waals surface area contributed by atoms with Gasteiger partial charge < -0.3 is 14.5 Å². The lowest BCUT2D eigenvalue weighted by Gasteiger charge is -2.08. The van der Waals surface area contributed by atoms with Crippen molar-refractivity contribution in [1.29, 1.82) is 0 Å². The van der Waals surface area contributed by atoms with Gasteiger partial charge in [0, 0.05) is 18.2 Å². The van der Waals surface area contributed by atoms with Crippen molar-refractivity contribution in [1.82, 2.24) is 4.98 Å². The molecule has 0 fully saturated rings. The molecule has 1 heterocycles. The fraction of sp³-hybridized carbons (Fsp3) is 0.0476. The molecule has 3 aromatic carbocycles. The van der Waals surface area contributed by atoms with Crippen molar-refractivity contribution >= 4 is 22.7 Å². The van der Waals surface area contributed by atoms with Gasteiger partial charge in [-0.1, -0.05) is 18.2 Å². The van der Waals surface area contributed by atoms with Crippen LogP contribution in [0.1, 0.15) is 16.2 Å². The van der Waals surface area contributed by atoms with Crippen molar-refractivity contribution in [3.63, 3.8) is 0 Å². The van der Waals surface area contributed by atoms with Gasteiger partial charge in [-0.05, 0) is 54.6 Å². The van der Waals surface area contributed by atoms with Crippen molar-refractivity contribution in [3.05, 3.63) is 84.3 Å². The lowest BCUT2D eigenvalue weighted by molar-refractivity contribution is 0.102. The monoisotopic (exact) mass is 344 g/mol. The summed E-state index contributed by atoms with van der Waals surface area (Å²) in [5, 5.41) is 2.87. The molecule has 0 spiro atoms. The second-order valence-corrected chi connectivity index (χ2v) is 5.81. The largest absolute Gasteiger partial charge is 0.457 e. The number of nitrogens with zero attached hydrogens (tertiary/aromatic N) is 1. The highest BCUT2D eigenvalue weighted by Gasteiger charge is 2.10. The third kappa shape index (κ3) is 3.42. The number of ether oxygens (including phenoxy) is 1. The number of nitrogens with one attached hydrogen (secondary N) is 1. The molecule has 0 atom stereocenters. The van der Waals surface area contributed by atoms with Crippen LogP contribution in [0.15, 0.2) is 77.2 Å². The maximum absolute atomic E-state index is 12.4. The standard InChI is InChI=1S/C21H16N2O3/c1-14-22-19-13-15(7-12-20(19)25-14)21(24)23-16-8-10-18(11-9-16)26-17-5-3-2-4-6-17/h2-13H,1H3,(H,23,24). The van der Waals surface area contributed by atoms with Gasteiger partial charge in [0.1, 0.15) is 17.0 Å². The highest BCUT2D eigenvalue weighted by atomic mass is 16.5. The average molecular weight is 344 g/mol. The Bertz CT molecular complexity index is 1050. The number of anilines is 1. The Labute approximate surface area is 150 Å². The summed E-state index contributed by atoms with van der Waals surface area (Å²) in [7, 11) is 0. The molecule has 5 nitrogen and oxygen atoms in total. The zero-order chi connectivity index (χ0) is 17.9. The Hall–Kier alpha value is -3.60. The number of oxazole rings is 1. The Kier molecular flexibility index (Phi) is 4.11. The summed E-state index contributed by atoms with van der Waals surface area (Å²) in [4.78, 5) is 16.7. The maximum Gasteiger partial charge on any atom is 0.255 e. The average Bonchev–Trinajstić information content (AvgIpc) is 3.03. The molecule has 0 aliphatic rings. The molecule has 0 aliphatic heterocycles. The molecule has 4 aromatic rings. The highest BCUT2D eigenvalue weighted by molar-refractivity contribution is 6.05. The molecule has 1 aromatic heterocycles. The van der Waals surface area contributed by atoms with Crippen LogP contribution < -0.4 is 10.1 Å². The number of aromatic nitrogens is 1. The van der Waals surface area contributed by atoms with Crippen LogP contribution in [-0.2, 0) is 0 Å². The first kappa shape index (κ1) is 15.9. The predicted octanol–water partition coefficient (Wildman–Crippen LogP) is 5.18. The molecular weight excluding hydrogens is 328 g/mol. The van der Waals surface area contributed by atoms with Crippen LogP contribution in [0, 0.1) is 6.92 Å². The summed E-state index contributed by atoms with van der Waals surface area (Å²) >= 11 is 0. The molecule has 1 amide bonds. The first-order valence-electron chi connectivity index (χ1n) is 8.19. The van der Waals surface area contributed by atoms with E-state index in [1.54, 1.807) is 37.3 Å². The number of amides is 1. The fourth-order valence-corrected chi connectivity index (χ4v) is 2.62. The van der Waals surface area contributed by atoms with Crippen LogP contribution in [-0.4, -0.2) is 10.9 Å². The Morgan fingerprint density at radius 1 is 0.962 bits per heavy atom. The molecular formula is C21H16N2O3. The first-order valence-corrected chi connectivity index (χ1v) is 8.19. The van der Waals surface area contributed by atoms with Crippen molar-refractivity contribution in [2.45, 2.75) is 6.92 Å². The minimum absolute atomic E-state index is 0.204. The normalized spacial score (nSPS) is 10.7. The summed E-state index contributed by atoms with van der Waals surface area (Å²) in [5.41, 5.74) is 2.55. The second-order valence-electron chi connectivity index (χ2n) is 5.81. The minimum Gasteiger partial charge on any atom is -0.457 e. The van der Waals surface area contributed by atoms with E-state index in [1.165, 1.54) is 0 Å². The number of benzene rings is 3. The summed E-state index contributed by atoms with van der Waals surface area (Å²) in [6.07, 6.45) is 0. The van der Waals surface area contributed by atoms with Gasteiger partial charge in [-0.15, -0.1) is 0 Å². The maximum atomic E-state index is 12.4. The molecule has 5 heteroatoms. The molecule has 0 saturated carbocycles. The van der Waals surface area contributed by atoms with Crippen molar-refractivity contribution in [2.75, 3.05) is 5.32 Å². The van der Waals surface area contributed by atoms with Gasteiger partial charge in [-0.25, -0.2) is 4.98 Å². The second kappa shape index (κ2) is 6.72. The molecule has 128 valence electrons. The van der Waals surface area contributed by atoms with Gasteiger partial charge >= 0.3 is 0 Å². The third-order valence-electron chi connectivity index (χ3n) is 3.85. The van der Waals surface area contributed by atoms with Gasteiger partial charge in [-0.2, -0.15) is 0 Å². The van der Waals surface area contributed by atoms with Gasteiger partial charge in [0.25, 0.3) is 5.91 Å². The van der Waals surface area contributed by atoms with Crippen molar-refractivity contribution < 1.29 is 13.9 Å². The first-order chi connectivity index (χ1) is 12.7. The fourth-order valence-electron chi connectivity index (χ4n) is 2.62. The van der Waals surface area contributed by atoms with E-state index in [9.17, 15) is 4.79 Å². The number of aryl methyl sites for hydroxylation is 1. The Morgan fingerprint density at radius 2 is 1.69 bits per heavy atom. The van der Waals surface area contributed by atoms with E-state index in [1.807, 2.05) is 42.5 Å².